The van der Waals surface area contributed by atoms with Crippen LogP contribution in [0, 0.1) is 20.8 Å². The molecule has 0 aromatic heterocycles. The van der Waals surface area contributed by atoms with Crippen molar-refractivity contribution in [1.82, 2.24) is 0 Å². The van der Waals surface area contributed by atoms with E-state index in [9.17, 15) is 13.2 Å². The molecule has 0 fully saturated rings. The van der Waals surface area contributed by atoms with Gasteiger partial charge < -0.3 is 4.90 Å². The molecule has 5 rings (SSSR count). The van der Waals surface area contributed by atoms with Gasteiger partial charge in [-0.3, -0.25) is 0 Å². The lowest BCUT2D eigenvalue weighted by molar-refractivity contribution is -0.137. The molecule has 38 heavy (non-hydrogen) atoms. The lowest BCUT2D eigenvalue weighted by Gasteiger charge is -2.27. The standard InChI is InChI=1S/C34H28F3N/c1-23-6-4-7-28(21-23)26-11-15-31(16-12-26)38(33-19-10-24(2)20-25(33)3)32-17-13-27(14-18-32)29-8-5-9-30(22-29)34(35,36)37/h4-22H,1-3H3. The fourth-order valence-electron chi connectivity index (χ4n) is 4.79. The monoisotopic (exact) mass is 507 g/mol. The number of alkyl halides is 3. The van der Waals surface area contributed by atoms with Crippen LogP contribution in [0.25, 0.3) is 22.3 Å². The second kappa shape index (κ2) is 10.2. The second-order valence-electron chi connectivity index (χ2n) is 9.67. The molecule has 0 aliphatic heterocycles. The van der Waals surface area contributed by atoms with Crippen molar-refractivity contribution in [2.75, 3.05) is 4.90 Å². The smallest absolute Gasteiger partial charge is 0.310 e. The van der Waals surface area contributed by atoms with E-state index in [-0.39, 0.29) is 0 Å². The minimum atomic E-state index is -4.37. The van der Waals surface area contributed by atoms with E-state index in [1.165, 1.54) is 28.8 Å². The van der Waals surface area contributed by atoms with Crippen LogP contribution in [0.15, 0.2) is 115 Å². The van der Waals surface area contributed by atoms with Crippen LogP contribution < -0.4 is 4.90 Å². The van der Waals surface area contributed by atoms with Gasteiger partial charge in [0.1, 0.15) is 0 Å². The highest BCUT2D eigenvalue weighted by molar-refractivity contribution is 5.81. The van der Waals surface area contributed by atoms with Gasteiger partial charge in [-0.25, -0.2) is 0 Å². The summed E-state index contributed by atoms with van der Waals surface area (Å²) >= 11 is 0. The number of benzene rings is 5. The van der Waals surface area contributed by atoms with Crippen LogP contribution in [-0.2, 0) is 6.18 Å². The van der Waals surface area contributed by atoms with E-state index in [4.69, 9.17) is 0 Å². The molecule has 0 aliphatic rings. The molecular weight excluding hydrogens is 479 g/mol. The van der Waals surface area contributed by atoms with E-state index >= 15 is 0 Å². The van der Waals surface area contributed by atoms with Crippen LogP contribution in [-0.4, -0.2) is 0 Å². The number of hydrogen-bond donors (Lipinski definition) is 0. The summed E-state index contributed by atoms with van der Waals surface area (Å²) in [6.07, 6.45) is -4.37. The third-order valence-electron chi connectivity index (χ3n) is 6.72. The molecule has 0 aliphatic carbocycles. The predicted molar refractivity (Wildman–Crippen MR) is 151 cm³/mol. The van der Waals surface area contributed by atoms with Crippen LogP contribution in [0.2, 0.25) is 0 Å². The van der Waals surface area contributed by atoms with Gasteiger partial charge in [0, 0.05) is 17.1 Å². The van der Waals surface area contributed by atoms with Crippen molar-refractivity contribution in [3.8, 4) is 22.3 Å². The van der Waals surface area contributed by atoms with Crippen molar-refractivity contribution in [2.45, 2.75) is 26.9 Å². The third-order valence-corrected chi connectivity index (χ3v) is 6.72. The predicted octanol–water partition coefficient (Wildman–Crippen LogP) is 10.4. The van der Waals surface area contributed by atoms with Crippen LogP contribution in [0.3, 0.4) is 0 Å². The fourth-order valence-corrected chi connectivity index (χ4v) is 4.79. The molecule has 0 saturated heterocycles. The van der Waals surface area contributed by atoms with Gasteiger partial charge in [0.2, 0.25) is 0 Å². The highest BCUT2D eigenvalue weighted by Gasteiger charge is 2.30. The summed E-state index contributed by atoms with van der Waals surface area (Å²) in [5.74, 6) is 0. The van der Waals surface area contributed by atoms with Crippen molar-refractivity contribution < 1.29 is 13.2 Å². The van der Waals surface area contributed by atoms with Gasteiger partial charge in [-0.15, -0.1) is 0 Å². The average Bonchev–Trinajstić information content (AvgIpc) is 2.90. The van der Waals surface area contributed by atoms with Crippen LogP contribution in [0.4, 0.5) is 30.2 Å². The molecule has 190 valence electrons. The lowest BCUT2D eigenvalue weighted by Crippen LogP contribution is -2.11. The quantitative estimate of drug-likeness (QED) is 0.229. The first-order valence-corrected chi connectivity index (χ1v) is 12.5. The first-order chi connectivity index (χ1) is 18.2. The van der Waals surface area contributed by atoms with E-state index in [1.54, 1.807) is 6.07 Å². The van der Waals surface area contributed by atoms with E-state index in [0.29, 0.717) is 5.56 Å². The lowest BCUT2D eigenvalue weighted by atomic mass is 10.0. The van der Waals surface area contributed by atoms with Crippen molar-refractivity contribution in [2.24, 2.45) is 0 Å². The van der Waals surface area contributed by atoms with Gasteiger partial charge in [0.05, 0.1) is 5.56 Å². The number of rotatable bonds is 5. The zero-order valence-electron chi connectivity index (χ0n) is 21.6. The maximum atomic E-state index is 13.2. The topological polar surface area (TPSA) is 3.24 Å². The molecule has 0 atom stereocenters. The Balaban J connectivity index is 1.55. The fraction of sp³-hybridized carbons (Fsp3) is 0.118. The van der Waals surface area contributed by atoms with Crippen LogP contribution in [0.5, 0.6) is 0 Å². The van der Waals surface area contributed by atoms with Crippen LogP contribution >= 0.6 is 0 Å². The highest BCUT2D eigenvalue weighted by Crippen LogP contribution is 2.39. The summed E-state index contributed by atoms with van der Waals surface area (Å²) in [6, 6.07) is 36.4. The van der Waals surface area contributed by atoms with E-state index in [1.807, 2.05) is 24.3 Å². The van der Waals surface area contributed by atoms with Crippen molar-refractivity contribution in [3.05, 3.63) is 138 Å². The summed E-state index contributed by atoms with van der Waals surface area (Å²) in [4.78, 5) is 2.19. The number of hydrogen-bond acceptors (Lipinski definition) is 1. The first kappa shape index (κ1) is 25.3. The Labute approximate surface area is 221 Å². The molecule has 0 amide bonds. The van der Waals surface area contributed by atoms with Crippen molar-refractivity contribution >= 4 is 17.1 Å². The third kappa shape index (κ3) is 5.35. The summed E-state index contributed by atoms with van der Waals surface area (Å²) < 4.78 is 39.7. The van der Waals surface area contributed by atoms with Crippen LogP contribution in [0.1, 0.15) is 22.3 Å². The largest absolute Gasteiger partial charge is 0.416 e. The number of nitrogens with zero attached hydrogens (tertiary/aromatic N) is 1. The number of anilines is 3. The Hall–Kier alpha value is -4.31. The molecular formula is C34H28F3N. The maximum absolute atomic E-state index is 13.2. The summed E-state index contributed by atoms with van der Waals surface area (Å²) in [5.41, 5.74) is 9.42. The van der Waals surface area contributed by atoms with Gasteiger partial charge in [-0.2, -0.15) is 13.2 Å². The highest BCUT2D eigenvalue weighted by atomic mass is 19.4. The van der Waals surface area contributed by atoms with Gasteiger partial charge in [0.25, 0.3) is 0 Å². The summed E-state index contributed by atoms with van der Waals surface area (Å²) in [7, 11) is 0. The molecule has 1 nitrogen and oxygen atoms in total. The molecule has 0 heterocycles. The molecule has 5 aromatic rings. The zero-order chi connectivity index (χ0) is 26.9. The molecule has 0 radical (unpaired) electrons. The van der Waals surface area contributed by atoms with E-state index in [0.717, 1.165) is 39.8 Å². The molecule has 0 saturated carbocycles. The van der Waals surface area contributed by atoms with Crippen molar-refractivity contribution in [1.29, 1.82) is 0 Å². The number of aryl methyl sites for hydroxylation is 3. The molecule has 0 bridgehead atoms. The molecule has 4 heteroatoms. The van der Waals surface area contributed by atoms with Gasteiger partial charge in [0.15, 0.2) is 0 Å². The second-order valence-corrected chi connectivity index (χ2v) is 9.67. The van der Waals surface area contributed by atoms with Gasteiger partial charge in [-0.05, 0) is 91.1 Å². The molecule has 5 aromatic carbocycles. The summed E-state index contributed by atoms with van der Waals surface area (Å²) in [5, 5.41) is 0. The number of halogens is 3. The zero-order valence-corrected chi connectivity index (χ0v) is 21.6. The minimum absolute atomic E-state index is 0.534. The SMILES string of the molecule is Cc1cccc(-c2ccc(N(c3ccc(-c4cccc(C(F)(F)F)c4)cc3)c3ccc(C)cc3C)cc2)c1. The minimum Gasteiger partial charge on any atom is -0.310 e. The van der Waals surface area contributed by atoms with Crippen molar-refractivity contribution in [3.63, 3.8) is 0 Å². The molecule has 0 unspecified atom stereocenters. The average molecular weight is 508 g/mol. The Bertz CT molecular complexity index is 1570. The maximum Gasteiger partial charge on any atom is 0.416 e. The van der Waals surface area contributed by atoms with E-state index < -0.39 is 11.7 Å². The van der Waals surface area contributed by atoms with E-state index in [2.05, 4.69) is 92.4 Å². The Kier molecular flexibility index (Phi) is 6.81. The van der Waals surface area contributed by atoms with Gasteiger partial charge in [-0.1, -0.05) is 83.9 Å². The Morgan fingerprint density at radius 2 is 1.03 bits per heavy atom. The normalized spacial score (nSPS) is 11.4. The van der Waals surface area contributed by atoms with Gasteiger partial charge >= 0.3 is 6.18 Å². The molecule has 0 spiro atoms. The summed E-state index contributed by atoms with van der Waals surface area (Å²) in [6.45, 7) is 6.25. The first-order valence-electron chi connectivity index (χ1n) is 12.5. The Morgan fingerprint density at radius 1 is 0.500 bits per heavy atom. The Morgan fingerprint density at radius 3 is 1.55 bits per heavy atom. The molecule has 0 N–H and O–H groups in total.